The predicted octanol–water partition coefficient (Wildman–Crippen LogP) is 4.16. The summed E-state index contributed by atoms with van der Waals surface area (Å²) in [6.07, 6.45) is 1.99. The van der Waals surface area contributed by atoms with Crippen LogP contribution < -0.4 is 0 Å². The summed E-state index contributed by atoms with van der Waals surface area (Å²) in [5.74, 6) is 2.33. The Morgan fingerprint density at radius 2 is 1.90 bits per heavy atom. The molecule has 3 aromatic rings. The molecule has 0 fully saturated rings. The van der Waals surface area contributed by atoms with Crippen LogP contribution in [0.15, 0.2) is 48.5 Å². The van der Waals surface area contributed by atoms with Gasteiger partial charge in [0, 0.05) is 24.8 Å². The summed E-state index contributed by atoms with van der Waals surface area (Å²) in [5, 5.41) is 0. The van der Waals surface area contributed by atoms with Crippen molar-refractivity contribution in [3.8, 4) is 0 Å². The van der Waals surface area contributed by atoms with Crippen molar-refractivity contribution in [3.05, 3.63) is 65.5 Å². The molecule has 1 atom stereocenters. The lowest BCUT2D eigenvalue weighted by atomic mass is 9.77. The van der Waals surface area contributed by atoms with Crippen LogP contribution in [0.3, 0.4) is 0 Å². The van der Waals surface area contributed by atoms with E-state index in [1.807, 2.05) is 6.07 Å². The number of para-hydroxylation sites is 2. The smallest absolute Gasteiger partial charge is 0.111 e. The maximum Gasteiger partial charge on any atom is 0.111 e. The largest absolute Gasteiger partial charge is 0.327 e. The molecular formula is C18H17ClN2. The Kier molecular flexibility index (Phi) is 3.19. The summed E-state index contributed by atoms with van der Waals surface area (Å²) < 4.78 is 2.36. The molecule has 1 aliphatic rings. The second kappa shape index (κ2) is 5.19. The molecule has 3 heteroatoms. The Hall–Kier alpha value is -1.80. The highest BCUT2D eigenvalue weighted by atomic mass is 35.5. The van der Waals surface area contributed by atoms with Crippen LogP contribution in [0.5, 0.6) is 0 Å². The van der Waals surface area contributed by atoms with Crippen LogP contribution in [0.25, 0.3) is 11.0 Å². The first kappa shape index (κ1) is 12.9. The quantitative estimate of drug-likeness (QED) is 0.661. The molecule has 1 heterocycles. The van der Waals surface area contributed by atoms with Crippen molar-refractivity contribution < 1.29 is 0 Å². The monoisotopic (exact) mass is 296 g/mol. The van der Waals surface area contributed by atoms with Gasteiger partial charge in [0.25, 0.3) is 0 Å². The van der Waals surface area contributed by atoms with Gasteiger partial charge in [-0.15, -0.1) is 11.6 Å². The number of rotatable bonds is 4. The Morgan fingerprint density at radius 1 is 1.10 bits per heavy atom. The number of nitrogens with zero attached hydrogens (tertiary/aromatic N) is 2. The minimum atomic E-state index is 0.605. The molecule has 1 aliphatic carbocycles. The average Bonchev–Trinajstić information content (AvgIpc) is 2.83. The van der Waals surface area contributed by atoms with Crippen LogP contribution in [0.2, 0.25) is 0 Å². The molecule has 0 amide bonds. The molecule has 2 nitrogen and oxygen atoms in total. The zero-order valence-electron chi connectivity index (χ0n) is 11.8. The molecule has 106 valence electrons. The minimum Gasteiger partial charge on any atom is -0.327 e. The van der Waals surface area contributed by atoms with Gasteiger partial charge in [-0.25, -0.2) is 4.98 Å². The highest BCUT2D eigenvalue weighted by molar-refractivity contribution is 6.17. The van der Waals surface area contributed by atoms with E-state index in [4.69, 9.17) is 16.6 Å². The summed E-state index contributed by atoms with van der Waals surface area (Å²) in [5.41, 5.74) is 5.28. The standard InChI is InChI=1S/C18H17ClN2/c19-10-9-18-20-16-7-3-4-8-17(16)21(18)12-14-11-13-5-1-2-6-15(13)14/h1-8,14H,9-12H2. The molecule has 0 bridgehead atoms. The topological polar surface area (TPSA) is 17.8 Å². The third-order valence-corrected chi connectivity index (χ3v) is 4.60. The first-order valence-electron chi connectivity index (χ1n) is 7.44. The molecule has 2 aromatic carbocycles. The third kappa shape index (κ3) is 2.14. The van der Waals surface area contributed by atoms with Crippen molar-refractivity contribution in [3.63, 3.8) is 0 Å². The maximum absolute atomic E-state index is 5.95. The van der Waals surface area contributed by atoms with Crippen molar-refractivity contribution >= 4 is 22.6 Å². The number of alkyl halides is 1. The lowest BCUT2D eigenvalue weighted by molar-refractivity contribution is 0.505. The predicted molar refractivity (Wildman–Crippen MR) is 87.0 cm³/mol. The molecule has 1 unspecified atom stereocenters. The Bertz CT molecular complexity index is 791. The van der Waals surface area contributed by atoms with Crippen LogP contribution >= 0.6 is 11.6 Å². The summed E-state index contributed by atoms with van der Waals surface area (Å²) in [7, 11) is 0. The van der Waals surface area contributed by atoms with Gasteiger partial charge in [-0.05, 0) is 29.7 Å². The maximum atomic E-state index is 5.95. The summed E-state index contributed by atoms with van der Waals surface area (Å²) in [4.78, 5) is 4.75. The molecule has 0 saturated carbocycles. The summed E-state index contributed by atoms with van der Waals surface area (Å²) in [6.45, 7) is 1.00. The van der Waals surface area contributed by atoms with Gasteiger partial charge >= 0.3 is 0 Å². The molecule has 0 spiro atoms. The van der Waals surface area contributed by atoms with Crippen molar-refractivity contribution in [1.29, 1.82) is 0 Å². The fourth-order valence-electron chi connectivity index (χ4n) is 3.35. The average molecular weight is 297 g/mol. The highest BCUT2D eigenvalue weighted by Gasteiger charge is 2.26. The summed E-state index contributed by atoms with van der Waals surface area (Å²) in [6, 6.07) is 17.1. The molecule has 4 rings (SSSR count). The van der Waals surface area contributed by atoms with Crippen molar-refractivity contribution in [2.24, 2.45) is 0 Å². The second-order valence-corrected chi connectivity index (χ2v) is 6.04. The van der Waals surface area contributed by atoms with E-state index in [0.717, 1.165) is 24.3 Å². The van der Waals surface area contributed by atoms with E-state index >= 15 is 0 Å². The van der Waals surface area contributed by atoms with E-state index in [-0.39, 0.29) is 0 Å². The van der Waals surface area contributed by atoms with Crippen LogP contribution in [0, 0.1) is 0 Å². The van der Waals surface area contributed by atoms with E-state index < -0.39 is 0 Å². The van der Waals surface area contributed by atoms with Gasteiger partial charge in [0.15, 0.2) is 0 Å². The molecular weight excluding hydrogens is 280 g/mol. The fraction of sp³-hybridized carbons (Fsp3) is 0.278. The lowest BCUT2D eigenvalue weighted by Gasteiger charge is -2.31. The number of hydrogen-bond acceptors (Lipinski definition) is 1. The number of aromatic nitrogens is 2. The molecule has 0 radical (unpaired) electrons. The van der Waals surface area contributed by atoms with Crippen LogP contribution in [0.4, 0.5) is 0 Å². The molecule has 0 saturated heterocycles. The van der Waals surface area contributed by atoms with Crippen LogP contribution in [0.1, 0.15) is 22.9 Å². The number of imidazole rings is 1. The van der Waals surface area contributed by atoms with Gasteiger partial charge in [-0.2, -0.15) is 0 Å². The third-order valence-electron chi connectivity index (χ3n) is 4.42. The van der Waals surface area contributed by atoms with Gasteiger partial charge in [-0.1, -0.05) is 36.4 Å². The number of fused-ring (bicyclic) bond motifs is 2. The van der Waals surface area contributed by atoms with E-state index in [1.165, 1.54) is 23.1 Å². The minimum absolute atomic E-state index is 0.605. The number of aryl methyl sites for hydroxylation is 1. The van der Waals surface area contributed by atoms with Gasteiger partial charge in [0.1, 0.15) is 5.82 Å². The van der Waals surface area contributed by atoms with Gasteiger partial charge in [0.05, 0.1) is 11.0 Å². The zero-order valence-corrected chi connectivity index (χ0v) is 12.6. The number of benzene rings is 2. The summed E-state index contributed by atoms with van der Waals surface area (Å²) >= 11 is 5.95. The molecule has 21 heavy (non-hydrogen) atoms. The Labute approximate surface area is 129 Å². The SMILES string of the molecule is ClCCc1nc2ccccc2n1CC1Cc2ccccc21. The Morgan fingerprint density at radius 3 is 2.76 bits per heavy atom. The zero-order chi connectivity index (χ0) is 14.2. The van der Waals surface area contributed by atoms with Crippen molar-refractivity contribution in [1.82, 2.24) is 9.55 Å². The molecule has 0 N–H and O–H groups in total. The highest BCUT2D eigenvalue weighted by Crippen LogP contribution is 2.37. The van der Waals surface area contributed by atoms with Crippen molar-refractivity contribution in [2.45, 2.75) is 25.3 Å². The van der Waals surface area contributed by atoms with Crippen LogP contribution in [-0.4, -0.2) is 15.4 Å². The first-order chi connectivity index (χ1) is 10.4. The van der Waals surface area contributed by atoms with E-state index in [1.54, 1.807) is 0 Å². The van der Waals surface area contributed by atoms with Crippen molar-refractivity contribution in [2.75, 3.05) is 5.88 Å². The Balaban J connectivity index is 1.71. The number of halogens is 1. The van der Waals surface area contributed by atoms with E-state index in [0.29, 0.717) is 11.8 Å². The van der Waals surface area contributed by atoms with Gasteiger partial charge in [-0.3, -0.25) is 0 Å². The fourth-order valence-corrected chi connectivity index (χ4v) is 3.52. The molecule has 1 aromatic heterocycles. The molecule has 0 aliphatic heterocycles. The van der Waals surface area contributed by atoms with E-state index in [9.17, 15) is 0 Å². The normalized spacial score (nSPS) is 16.7. The van der Waals surface area contributed by atoms with Gasteiger partial charge in [0.2, 0.25) is 0 Å². The van der Waals surface area contributed by atoms with E-state index in [2.05, 4.69) is 47.0 Å². The van der Waals surface area contributed by atoms with Crippen LogP contribution in [-0.2, 0) is 19.4 Å². The van der Waals surface area contributed by atoms with Gasteiger partial charge < -0.3 is 4.57 Å². The first-order valence-corrected chi connectivity index (χ1v) is 7.98. The number of hydrogen-bond donors (Lipinski definition) is 0. The lowest BCUT2D eigenvalue weighted by Crippen LogP contribution is -2.22. The second-order valence-electron chi connectivity index (χ2n) is 5.67.